The number of para-hydroxylation sites is 1. The molecule has 2 heterocycles. The fourth-order valence-corrected chi connectivity index (χ4v) is 5.18. The molecule has 212 valence electrons. The molecule has 2 amide bonds. The normalized spacial score (nSPS) is 14.7. The second-order valence-corrected chi connectivity index (χ2v) is 10.2. The Kier molecular flexibility index (Phi) is 8.74. The number of carbonyl (C=O) groups excluding carboxylic acids is 2. The third-order valence-corrected chi connectivity index (χ3v) is 7.30. The van der Waals surface area contributed by atoms with Gasteiger partial charge in [-0.1, -0.05) is 30.3 Å². The summed E-state index contributed by atoms with van der Waals surface area (Å²) in [6, 6.07) is 23.1. The smallest absolute Gasteiger partial charge is 0.254 e. The molecule has 0 spiro atoms. The number of amides is 2. The zero-order valence-electron chi connectivity index (χ0n) is 23.7. The quantitative estimate of drug-likeness (QED) is 0.345. The van der Waals surface area contributed by atoms with Crippen molar-refractivity contribution >= 4 is 17.5 Å². The van der Waals surface area contributed by atoms with Crippen LogP contribution in [0.2, 0.25) is 0 Å². The van der Waals surface area contributed by atoms with Crippen LogP contribution in [0.1, 0.15) is 40.7 Å². The van der Waals surface area contributed by atoms with Gasteiger partial charge in [-0.3, -0.25) is 14.5 Å². The molecule has 0 N–H and O–H groups in total. The number of benzene rings is 3. The van der Waals surface area contributed by atoms with Gasteiger partial charge in [-0.15, -0.1) is 10.2 Å². The van der Waals surface area contributed by atoms with E-state index in [0.717, 1.165) is 41.1 Å². The molecule has 0 atom stereocenters. The van der Waals surface area contributed by atoms with Crippen molar-refractivity contribution in [2.75, 3.05) is 38.2 Å². The Morgan fingerprint density at radius 3 is 2.46 bits per heavy atom. The van der Waals surface area contributed by atoms with Crippen molar-refractivity contribution in [3.63, 3.8) is 0 Å². The predicted molar refractivity (Wildman–Crippen MR) is 157 cm³/mol. The highest BCUT2D eigenvalue weighted by atomic mass is 16.5. The summed E-state index contributed by atoms with van der Waals surface area (Å²) in [6.45, 7) is 7.04. The van der Waals surface area contributed by atoms with E-state index in [2.05, 4.69) is 21.2 Å². The van der Waals surface area contributed by atoms with Crippen LogP contribution in [-0.2, 0) is 17.9 Å². The summed E-state index contributed by atoms with van der Waals surface area (Å²) >= 11 is 0. The molecule has 4 aromatic rings. The highest BCUT2D eigenvalue weighted by molar-refractivity contribution is 5.95. The average Bonchev–Trinajstić information content (AvgIpc) is 3.42. The van der Waals surface area contributed by atoms with E-state index in [4.69, 9.17) is 9.15 Å². The Morgan fingerprint density at radius 1 is 0.927 bits per heavy atom. The molecule has 9 nitrogen and oxygen atoms in total. The Balaban J connectivity index is 1.44. The van der Waals surface area contributed by atoms with Crippen molar-refractivity contribution in [2.24, 2.45) is 0 Å². The first-order valence-corrected chi connectivity index (χ1v) is 13.8. The van der Waals surface area contributed by atoms with Crippen LogP contribution in [0.25, 0.3) is 11.5 Å². The van der Waals surface area contributed by atoms with Crippen LogP contribution in [0.5, 0.6) is 5.75 Å². The zero-order valence-corrected chi connectivity index (χ0v) is 23.7. The highest BCUT2D eigenvalue weighted by Gasteiger charge is 2.23. The summed E-state index contributed by atoms with van der Waals surface area (Å²) < 4.78 is 11.0. The molecule has 3 aromatic carbocycles. The standard InChI is InChI=1S/C32H35N5O4/c1-23-33-34-31(41-23)26-12-14-27(15-13-26)32(39)36-19-18-35(21-25-8-6-10-29(20-25)40-3)16-7-17-37(24(2)38)30-11-5-4-9-28(30)22-36/h4-6,8-15,20H,7,16-19,21-22H2,1-3H3. The number of aryl methyl sites for hydroxylation is 1. The SMILES string of the molecule is COc1cccc(CN2CCCN(C(C)=O)c3ccccc3CN(C(=O)c3ccc(-c4nnc(C)o4)cc3)CC2)c1. The number of nitrogens with zero attached hydrogens (tertiary/aromatic N) is 5. The lowest BCUT2D eigenvalue weighted by Crippen LogP contribution is -2.38. The van der Waals surface area contributed by atoms with Crippen molar-refractivity contribution in [2.45, 2.75) is 33.4 Å². The first-order valence-electron chi connectivity index (χ1n) is 13.8. The third-order valence-electron chi connectivity index (χ3n) is 7.30. The Labute approximate surface area is 240 Å². The molecule has 1 aromatic heterocycles. The minimum atomic E-state index is -0.0805. The Hall–Kier alpha value is -4.50. The molecule has 9 heteroatoms. The molecular weight excluding hydrogens is 518 g/mol. The first-order chi connectivity index (χ1) is 19.9. The molecule has 0 bridgehead atoms. The lowest BCUT2D eigenvalue weighted by atomic mass is 10.1. The summed E-state index contributed by atoms with van der Waals surface area (Å²) in [4.78, 5) is 32.7. The maximum atomic E-state index is 13.9. The maximum absolute atomic E-state index is 13.9. The van der Waals surface area contributed by atoms with Crippen molar-refractivity contribution in [3.8, 4) is 17.2 Å². The molecule has 0 fully saturated rings. The average molecular weight is 554 g/mol. The third kappa shape index (κ3) is 6.81. The largest absolute Gasteiger partial charge is 0.497 e. The van der Waals surface area contributed by atoms with Crippen LogP contribution >= 0.6 is 0 Å². The van der Waals surface area contributed by atoms with Gasteiger partial charge in [0.25, 0.3) is 5.91 Å². The van der Waals surface area contributed by atoms with Crippen LogP contribution in [-0.4, -0.2) is 65.1 Å². The Bertz CT molecular complexity index is 1500. The van der Waals surface area contributed by atoms with E-state index < -0.39 is 0 Å². The van der Waals surface area contributed by atoms with E-state index in [-0.39, 0.29) is 11.8 Å². The second-order valence-electron chi connectivity index (χ2n) is 10.2. The van der Waals surface area contributed by atoms with Gasteiger partial charge < -0.3 is 19.0 Å². The van der Waals surface area contributed by atoms with E-state index in [0.29, 0.717) is 50.1 Å². The van der Waals surface area contributed by atoms with Crippen LogP contribution in [0.4, 0.5) is 5.69 Å². The number of aromatic nitrogens is 2. The van der Waals surface area contributed by atoms with Crippen molar-refractivity contribution in [1.82, 2.24) is 20.0 Å². The van der Waals surface area contributed by atoms with Gasteiger partial charge >= 0.3 is 0 Å². The minimum Gasteiger partial charge on any atom is -0.497 e. The summed E-state index contributed by atoms with van der Waals surface area (Å²) in [5.41, 5.74) is 4.25. The van der Waals surface area contributed by atoms with Gasteiger partial charge in [0.05, 0.1) is 7.11 Å². The molecule has 0 saturated heterocycles. The van der Waals surface area contributed by atoms with Crippen LogP contribution in [0.15, 0.2) is 77.2 Å². The zero-order chi connectivity index (χ0) is 28.8. The van der Waals surface area contributed by atoms with E-state index in [1.54, 1.807) is 33.1 Å². The molecule has 0 unspecified atom stereocenters. The number of fused-ring (bicyclic) bond motifs is 1. The molecule has 41 heavy (non-hydrogen) atoms. The van der Waals surface area contributed by atoms with Gasteiger partial charge in [-0.05, 0) is 60.0 Å². The molecule has 0 aliphatic carbocycles. The highest BCUT2D eigenvalue weighted by Crippen LogP contribution is 2.25. The van der Waals surface area contributed by atoms with Crippen LogP contribution in [0, 0.1) is 6.92 Å². The van der Waals surface area contributed by atoms with Crippen LogP contribution in [0.3, 0.4) is 0 Å². The molecule has 0 saturated carbocycles. The number of methoxy groups -OCH3 is 1. The summed E-state index contributed by atoms with van der Waals surface area (Å²) in [5.74, 6) is 1.63. The van der Waals surface area contributed by atoms with Gasteiger partial charge in [0.2, 0.25) is 17.7 Å². The molecular formula is C32H35N5O4. The van der Waals surface area contributed by atoms with Crippen LogP contribution < -0.4 is 9.64 Å². The second kappa shape index (κ2) is 12.8. The number of hydrogen-bond donors (Lipinski definition) is 0. The molecule has 1 aliphatic heterocycles. The fourth-order valence-electron chi connectivity index (χ4n) is 5.18. The van der Waals surface area contributed by atoms with E-state index in [1.165, 1.54) is 0 Å². The predicted octanol–water partition coefficient (Wildman–Crippen LogP) is 4.95. The van der Waals surface area contributed by atoms with Crippen molar-refractivity contribution < 1.29 is 18.7 Å². The van der Waals surface area contributed by atoms with E-state index in [9.17, 15) is 9.59 Å². The van der Waals surface area contributed by atoms with Gasteiger partial charge in [0.15, 0.2) is 0 Å². The van der Waals surface area contributed by atoms with Crippen molar-refractivity contribution in [3.05, 3.63) is 95.4 Å². The van der Waals surface area contributed by atoms with Gasteiger partial charge in [0, 0.05) is 69.9 Å². The van der Waals surface area contributed by atoms with Gasteiger partial charge in [-0.25, -0.2) is 0 Å². The maximum Gasteiger partial charge on any atom is 0.254 e. The van der Waals surface area contributed by atoms with E-state index in [1.807, 2.05) is 64.4 Å². The lowest BCUT2D eigenvalue weighted by Gasteiger charge is -2.28. The number of rotatable bonds is 5. The summed E-state index contributed by atoms with van der Waals surface area (Å²) in [6.07, 6.45) is 0.808. The van der Waals surface area contributed by atoms with Crippen molar-refractivity contribution in [1.29, 1.82) is 0 Å². The monoisotopic (exact) mass is 553 g/mol. The fraction of sp³-hybridized carbons (Fsp3) is 0.312. The van der Waals surface area contributed by atoms with Gasteiger partial charge in [0.1, 0.15) is 5.75 Å². The number of ether oxygens (including phenoxy) is 1. The molecule has 5 rings (SSSR count). The molecule has 1 aliphatic rings. The number of hydrogen-bond acceptors (Lipinski definition) is 7. The van der Waals surface area contributed by atoms with Gasteiger partial charge in [-0.2, -0.15) is 0 Å². The first kappa shape index (κ1) is 28.0. The molecule has 0 radical (unpaired) electrons. The summed E-state index contributed by atoms with van der Waals surface area (Å²) in [7, 11) is 1.67. The lowest BCUT2D eigenvalue weighted by molar-refractivity contribution is -0.116. The summed E-state index contributed by atoms with van der Waals surface area (Å²) in [5, 5.41) is 7.97. The topological polar surface area (TPSA) is 92.0 Å². The minimum absolute atomic E-state index is 0.0132. The number of anilines is 1. The van der Waals surface area contributed by atoms with E-state index >= 15 is 0 Å². The number of carbonyl (C=O) groups is 2. The Morgan fingerprint density at radius 2 is 1.73 bits per heavy atom.